The van der Waals surface area contributed by atoms with Crippen LogP contribution in [-0.2, 0) is 6.54 Å². The highest BCUT2D eigenvalue weighted by atomic mass is 35.5. The summed E-state index contributed by atoms with van der Waals surface area (Å²) in [6.07, 6.45) is 1.10. The van der Waals surface area contributed by atoms with E-state index in [1.165, 1.54) is 12.1 Å². The lowest BCUT2D eigenvalue weighted by Crippen LogP contribution is -2.06. The second-order valence-corrected chi connectivity index (χ2v) is 4.34. The van der Waals surface area contributed by atoms with Crippen LogP contribution in [0.25, 0.3) is 0 Å². The maximum Gasteiger partial charge on any atom is 0.348 e. The molecule has 1 heterocycles. The van der Waals surface area contributed by atoms with E-state index in [1.54, 1.807) is 12.1 Å². The fourth-order valence-electron chi connectivity index (χ4n) is 1.65. The predicted octanol–water partition coefficient (Wildman–Crippen LogP) is 2.35. The van der Waals surface area contributed by atoms with Gasteiger partial charge in [-0.1, -0.05) is 23.7 Å². The van der Waals surface area contributed by atoms with Crippen molar-refractivity contribution in [3.05, 3.63) is 57.0 Å². The van der Waals surface area contributed by atoms with Gasteiger partial charge in [0.15, 0.2) is 0 Å². The van der Waals surface area contributed by atoms with E-state index in [0.29, 0.717) is 5.56 Å². The highest BCUT2D eigenvalue weighted by molar-refractivity contribution is 6.31. The Morgan fingerprint density at radius 2 is 2.19 bits per heavy atom. The molecule has 9 heteroatoms. The zero-order valence-corrected chi connectivity index (χ0v) is 11.2. The zero-order chi connectivity index (χ0) is 15.4. The summed E-state index contributed by atoms with van der Waals surface area (Å²) in [5.74, 6) is -1.08. The number of hydrogen-bond acceptors (Lipinski definition) is 6. The second kappa shape index (κ2) is 6.14. The van der Waals surface area contributed by atoms with Crippen LogP contribution in [0.4, 0.5) is 11.5 Å². The van der Waals surface area contributed by atoms with E-state index in [0.717, 1.165) is 6.33 Å². The molecular formula is C12H9ClN4O4. The Labute approximate surface area is 123 Å². The van der Waals surface area contributed by atoms with Gasteiger partial charge in [0, 0.05) is 6.54 Å². The minimum Gasteiger partial charge on any atom is -0.478 e. The van der Waals surface area contributed by atoms with Crippen LogP contribution in [0.15, 0.2) is 30.6 Å². The lowest BCUT2D eigenvalue weighted by Gasteiger charge is -2.07. The van der Waals surface area contributed by atoms with Gasteiger partial charge in [-0.3, -0.25) is 10.1 Å². The monoisotopic (exact) mass is 308 g/mol. The summed E-state index contributed by atoms with van der Waals surface area (Å²) in [4.78, 5) is 28.4. The maximum absolute atomic E-state index is 10.9. The predicted molar refractivity (Wildman–Crippen MR) is 74.4 cm³/mol. The van der Waals surface area contributed by atoms with Gasteiger partial charge >= 0.3 is 11.7 Å². The molecule has 0 bridgehead atoms. The summed E-state index contributed by atoms with van der Waals surface area (Å²) in [6.45, 7) is 0.162. The van der Waals surface area contributed by atoms with Crippen LogP contribution in [0.3, 0.4) is 0 Å². The number of carboxylic acids is 1. The number of aromatic nitrogens is 2. The molecule has 2 rings (SSSR count). The highest BCUT2D eigenvalue weighted by Gasteiger charge is 2.21. The minimum absolute atomic E-state index is 0.0271. The average molecular weight is 309 g/mol. The second-order valence-electron chi connectivity index (χ2n) is 3.98. The number of benzene rings is 1. The Hall–Kier alpha value is -2.74. The Morgan fingerprint density at radius 3 is 2.86 bits per heavy atom. The number of nitro groups is 1. The molecule has 8 nitrogen and oxygen atoms in total. The van der Waals surface area contributed by atoms with Crippen LogP contribution in [-0.4, -0.2) is 26.0 Å². The average Bonchev–Trinajstić information content (AvgIpc) is 2.45. The van der Waals surface area contributed by atoms with Crippen LogP contribution in [0.5, 0.6) is 0 Å². The molecule has 0 spiro atoms. The van der Waals surface area contributed by atoms with Gasteiger partial charge in [-0.05, 0) is 17.7 Å². The van der Waals surface area contributed by atoms with Gasteiger partial charge in [-0.15, -0.1) is 0 Å². The largest absolute Gasteiger partial charge is 0.478 e. The van der Waals surface area contributed by atoms with Crippen LogP contribution >= 0.6 is 11.6 Å². The Kier molecular flexibility index (Phi) is 4.29. The number of hydrogen-bond donors (Lipinski definition) is 2. The number of carbonyl (C=O) groups is 1. The summed E-state index contributed by atoms with van der Waals surface area (Å²) < 4.78 is 0. The quantitative estimate of drug-likeness (QED) is 0.494. The number of halogens is 1. The molecule has 0 amide bonds. The molecule has 0 atom stereocenters. The van der Waals surface area contributed by atoms with Gasteiger partial charge < -0.3 is 10.4 Å². The van der Waals surface area contributed by atoms with E-state index >= 15 is 0 Å². The minimum atomic E-state index is -1.05. The third-order valence-electron chi connectivity index (χ3n) is 2.59. The molecule has 0 aliphatic rings. The molecule has 0 aliphatic heterocycles. The van der Waals surface area contributed by atoms with Crippen molar-refractivity contribution in [3.63, 3.8) is 0 Å². The fraction of sp³-hybridized carbons (Fsp3) is 0.0833. The first-order valence-corrected chi connectivity index (χ1v) is 6.08. The van der Waals surface area contributed by atoms with E-state index in [4.69, 9.17) is 16.7 Å². The number of rotatable bonds is 5. The molecular weight excluding hydrogens is 300 g/mol. The van der Waals surface area contributed by atoms with Gasteiger partial charge in [0.05, 0.1) is 10.5 Å². The zero-order valence-electron chi connectivity index (χ0n) is 10.5. The molecule has 21 heavy (non-hydrogen) atoms. The van der Waals surface area contributed by atoms with Crippen LogP contribution in [0.2, 0.25) is 5.15 Å². The van der Waals surface area contributed by atoms with Crippen molar-refractivity contribution >= 4 is 29.1 Å². The third kappa shape index (κ3) is 3.42. The van der Waals surface area contributed by atoms with Gasteiger partial charge in [0.2, 0.25) is 11.0 Å². The Bertz CT molecular complexity index is 707. The molecule has 0 saturated heterocycles. The molecule has 108 valence electrons. The van der Waals surface area contributed by atoms with Crippen LogP contribution in [0, 0.1) is 10.1 Å². The van der Waals surface area contributed by atoms with Crippen molar-refractivity contribution in [2.75, 3.05) is 5.32 Å². The van der Waals surface area contributed by atoms with Crippen molar-refractivity contribution in [3.8, 4) is 0 Å². The molecule has 1 aromatic heterocycles. The lowest BCUT2D eigenvalue weighted by molar-refractivity contribution is -0.384. The van der Waals surface area contributed by atoms with Gasteiger partial charge in [-0.25, -0.2) is 14.8 Å². The molecule has 2 N–H and O–H groups in total. The Morgan fingerprint density at radius 1 is 1.43 bits per heavy atom. The van der Waals surface area contributed by atoms with Gasteiger partial charge in [0.1, 0.15) is 6.33 Å². The summed E-state index contributed by atoms with van der Waals surface area (Å²) in [6, 6.07) is 6.19. The van der Waals surface area contributed by atoms with E-state index in [9.17, 15) is 14.9 Å². The number of carboxylic acid groups (broad SMARTS) is 1. The maximum atomic E-state index is 10.9. The molecule has 0 aliphatic carbocycles. The molecule has 0 fully saturated rings. The normalized spacial score (nSPS) is 10.1. The van der Waals surface area contributed by atoms with Gasteiger partial charge in [0.25, 0.3) is 0 Å². The van der Waals surface area contributed by atoms with Crippen molar-refractivity contribution in [1.29, 1.82) is 0 Å². The summed E-state index contributed by atoms with van der Waals surface area (Å²) in [7, 11) is 0. The number of anilines is 1. The van der Waals surface area contributed by atoms with E-state index in [1.807, 2.05) is 0 Å². The molecule has 1 aromatic carbocycles. The fourth-order valence-corrected chi connectivity index (χ4v) is 1.85. The van der Waals surface area contributed by atoms with Crippen molar-refractivity contribution in [2.24, 2.45) is 0 Å². The molecule has 0 radical (unpaired) electrons. The van der Waals surface area contributed by atoms with Crippen molar-refractivity contribution < 1.29 is 14.8 Å². The van der Waals surface area contributed by atoms with Crippen LogP contribution in [0.1, 0.15) is 15.9 Å². The standard InChI is InChI=1S/C12H9ClN4O4/c13-10-9(17(20)21)11(16-6-15-10)14-5-7-2-1-3-8(4-7)12(18)19/h1-4,6H,5H2,(H,18,19)(H,14,15,16). The Balaban J connectivity index is 2.21. The van der Waals surface area contributed by atoms with Crippen molar-refractivity contribution in [1.82, 2.24) is 9.97 Å². The highest BCUT2D eigenvalue weighted by Crippen LogP contribution is 2.28. The number of nitrogens with zero attached hydrogens (tertiary/aromatic N) is 3. The lowest BCUT2D eigenvalue weighted by atomic mass is 10.1. The molecule has 0 unspecified atom stereocenters. The summed E-state index contributed by atoms with van der Waals surface area (Å²) in [5.41, 5.74) is 0.344. The van der Waals surface area contributed by atoms with Gasteiger partial charge in [-0.2, -0.15) is 0 Å². The van der Waals surface area contributed by atoms with Crippen LogP contribution < -0.4 is 5.32 Å². The topological polar surface area (TPSA) is 118 Å². The summed E-state index contributed by atoms with van der Waals surface area (Å²) >= 11 is 5.66. The SMILES string of the molecule is O=C(O)c1cccc(CNc2ncnc(Cl)c2[N+](=O)[O-])c1. The van der Waals surface area contributed by atoms with E-state index < -0.39 is 16.6 Å². The molecule has 0 saturated carbocycles. The number of nitrogens with one attached hydrogen (secondary N) is 1. The third-order valence-corrected chi connectivity index (χ3v) is 2.87. The first-order chi connectivity index (χ1) is 9.99. The van der Waals surface area contributed by atoms with E-state index in [2.05, 4.69) is 15.3 Å². The smallest absolute Gasteiger partial charge is 0.348 e. The summed E-state index contributed by atoms with van der Waals surface area (Å²) in [5, 5.41) is 22.3. The first kappa shape index (κ1) is 14.7. The van der Waals surface area contributed by atoms with E-state index in [-0.39, 0.29) is 23.1 Å². The molecule has 2 aromatic rings. The number of aromatic carboxylic acids is 1. The van der Waals surface area contributed by atoms with Crippen molar-refractivity contribution in [2.45, 2.75) is 6.54 Å². The first-order valence-electron chi connectivity index (χ1n) is 5.70.